The quantitative estimate of drug-likeness (QED) is 0.507. The fourth-order valence-electron chi connectivity index (χ4n) is 2.56. The van der Waals surface area contributed by atoms with Crippen LogP contribution in [0.25, 0.3) is 0 Å². The van der Waals surface area contributed by atoms with Gasteiger partial charge in [0.15, 0.2) is 0 Å². The molecule has 1 fully saturated rings. The monoisotopic (exact) mass is 299 g/mol. The molecule has 0 amide bonds. The predicted molar refractivity (Wildman–Crippen MR) is 77.0 cm³/mol. The summed E-state index contributed by atoms with van der Waals surface area (Å²) in [6, 6.07) is 2.56. The van der Waals surface area contributed by atoms with Crippen molar-refractivity contribution in [2.75, 3.05) is 11.9 Å². The van der Waals surface area contributed by atoms with Crippen molar-refractivity contribution >= 4 is 23.1 Å². The van der Waals surface area contributed by atoms with Gasteiger partial charge in [-0.1, -0.05) is 18.5 Å². The third-order valence-corrected chi connectivity index (χ3v) is 4.11. The van der Waals surface area contributed by atoms with E-state index in [2.05, 4.69) is 17.2 Å². The van der Waals surface area contributed by atoms with Gasteiger partial charge >= 0.3 is 0 Å². The predicted octanol–water partition coefficient (Wildman–Crippen LogP) is 3.00. The maximum atomic E-state index is 10.8. The molecule has 1 aromatic rings. The molecule has 20 heavy (non-hydrogen) atoms. The molecule has 1 aliphatic carbocycles. The van der Waals surface area contributed by atoms with Gasteiger partial charge < -0.3 is 10.4 Å². The second-order valence-corrected chi connectivity index (χ2v) is 5.92. The van der Waals surface area contributed by atoms with E-state index in [1.807, 2.05) is 0 Å². The summed E-state index contributed by atoms with van der Waals surface area (Å²) in [5, 5.41) is 23.7. The van der Waals surface area contributed by atoms with E-state index in [9.17, 15) is 15.2 Å². The average molecular weight is 300 g/mol. The van der Waals surface area contributed by atoms with E-state index in [-0.39, 0.29) is 17.4 Å². The molecule has 0 aromatic carbocycles. The number of aromatic nitrogens is 1. The molecule has 1 aromatic heterocycles. The first-order chi connectivity index (χ1) is 9.44. The van der Waals surface area contributed by atoms with Crippen LogP contribution in [0.2, 0.25) is 5.15 Å². The molecule has 2 rings (SSSR count). The number of pyridine rings is 1. The van der Waals surface area contributed by atoms with Crippen LogP contribution in [-0.2, 0) is 0 Å². The highest BCUT2D eigenvalue weighted by atomic mass is 35.5. The lowest BCUT2D eigenvalue weighted by molar-refractivity contribution is -0.384. The Hall–Kier alpha value is -1.40. The third kappa shape index (κ3) is 3.37. The van der Waals surface area contributed by atoms with Crippen molar-refractivity contribution in [3.05, 3.63) is 27.4 Å². The van der Waals surface area contributed by atoms with E-state index >= 15 is 0 Å². The fraction of sp³-hybridized carbons (Fsp3) is 0.615. The number of anilines is 1. The highest BCUT2D eigenvalue weighted by molar-refractivity contribution is 6.29. The molecule has 0 aliphatic heterocycles. The second kappa shape index (κ2) is 5.93. The number of aliphatic hydroxyl groups excluding tert-OH is 1. The molecule has 0 atom stereocenters. The molecular formula is C13H18ClN3O3. The summed E-state index contributed by atoms with van der Waals surface area (Å²) in [4.78, 5) is 14.4. The highest BCUT2D eigenvalue weighted by Crippen LogP contribution is 2.34. The molecule has 0 unspecified atom stereocenters. The van der Waals surface area contributed by atoms with Gasteiger partial charge in [-0.05, 0) is 31.6 Å². The fourth-order valence-corrected chi connectivity index (χ4v) is 2.76. The van der Waals surface area contributed by atoms with E-state index in [1.165, 1.54) is 12.1 Å². The maximum absolute atomic E-state index is 10.8. The van der Waals surface area contributed by atoms with Crippen LogP contribution < -0.4 is 5.32 Å². The number of nitrogens with one attached hydrogen (secondary N) is 1. The summed E-state index contributed by atoms with van der Waals surface area (Å²) in [5.74, 6) is 0.978. The normalized spacial score (nSPS) is 26.2. The van der Waals surface area contributed by atoms with E-state index in [0.717, 1.165) is 25.7 Å². The van der Waals surface area contributed by atoms with E-state index < -0.39 is 10.5 Å². The average Bonchev–Trinajstić information content (AvgIpc) is 2.41. The zero-order valence-electron chi connectivity index (χ0n) is 11.3. The summed E-state index contributed by atoms with van der Waals surface area (Å²) in [7, 11) is 0. The maximum Gasteiger partial charge on any atom is 0.276 e. The number of aliphatic hydroxyl groups is 1. The van der Waals surface area contributed by atoms with Gasteiger partial charge in [0.1, 0.15) is 11.0 Å². The Morgan fingerprint density at radius 3 is 2.75 bits per heavy atom. The van der Waals surface area contributed by atoms with Crippen molar-refractivity contribution in [2.24, 2.45) is 5.92 Å². The van der Waals surface area contributed by atoms with Gasteiger partial charge in [0, 0.05) is 0 Å². The molecule has 0 saturated heterocycles. The van der Waals surface area contributed by atoms with Gasteiger partial charge in [-0.3, -0.25) is 10.1 Å². The topological polar surface area (TPSA) is 88.3 Å². The molecular weight excluding hydrogens is 282 g/mol. The van der Waals surface area contributed by atoms with Crippen LogP contribution in [0.5, 0.6) is 0 Å². The van der Waals surface area contributed by atoms with Crippen LogP contribution in [0.4, 0.5) is 11.5 Å². The molecule has 1 saturated carbocycles. The Morgan fingerprint density at radius 2 is 2.20 bits per heavy atom. The number of nitrogens with zero attached hydrogens (tertiary/aromatic N) is 2. The lowest BCUT2D eigenvalue weighted by atomic mass is 9.77. The third-order valence-electron chi connectivity index (χ3n) is 3.92. The first-order valence-corrected chi connectivity index (χ1v) is 7.03. The summed E-state index contributed by atoms with van der Waals surface area (Å²) >= 11 is 5.81. The van der Waals surface area contributed by atoms with Crippen molar-refractivity contribution in [1.29, 1.82) is 0 Å². The first-order valence-electron chi connectivity index (χ1n) is 6.65. The van der Waals surface area contributed by atoms with Crippen LogP contribution in [0.15, 0.2) is 12.1 Å². The summed E-state index contributed by atoms with van der Waals surface area (Å²) in [5.41, 5.74) is -0.567. The molecule has 1 heterocycles. The van der Waals surface area contributed by atoms with Gasteiger partial charge in [0.05, 0.1) is 29.2 Å². The Kier molecular flexibility index (Phi) is 4.45. The van der Waals surface area contributed by atoms with E-state index in [4.69, 9.17) is 11.6 Å². The zero-order valence-corrected chi connectivity index (χ0v) is 12.1. The van der Waals surface area contributed by atoms with Crippen molar-refractivity contribution in [1.82, 2.24) is 4.98 Å². The van der Waals surface area contributed by atoms with Crippen LogP contribution in [0.1, 0.15) is 32.6 Å². The zero-order chi connectivity index (χ0) is 14.8. The van der Waals surface area contributed by atoms with Crippen LogP contribution in [-0.4, -0.2) is 27.2 Å². The minimum Gasteiger partial charge on any atom is -0.394 e. The Morgan fingerprint density at radius 1 is 1.55 bits per heavy atom. The molecule has 2 N–H and O–H groups in total. The summed E-state index contributed by atoms with van der Waals surface area (Å²) in [6.45, 7) is 2.16. The number of rotatable bonds is 4. The van der Waals surface area contributed by atoms with Gasteiger partial charge in [0.25, 0.3) is 5.69 Å². The lowest BCUT2D eigenvalue weighted by Crippen LogP contribution is -2.45. The molecule has 7 heteroatoms. The second-order valence-electron chi connectivity index (χ2n) is 5.54. The molecule has 6 nitrogen and oxygen atoms in total. The van der Waals surface area contributed by atoms with Crippen LogP contribution in [0, 0.1) is 16.0 Å². The highest BCUT2D eigenvalue weighted by Gasteiger charge is 2.34. The van der Waals surface area contributed by atoms with E-state index in [0.29, 0.717) is 11.7 Å². The number of hydrogen-bond donors (Lipinski definition) is 2. The molecule has 0 spiro atoms. The lowest BCUT2D eigenvalue weighted by Gasteiger charge is -2.39. The van der Waals surface area contributed by atoms with E-state index in [1.54, 1.807) is 0 Å². The van der Waals surface area contributed by atoms with Crippen molar-refractivity contribution in [2.45, 2.75) is 38.1 Å². The minimum absolute atomic E-state index is 0.0261. The minimum atomic E-state index is -0.507. The van der Waals surface area contributed by atoms with Crippen molar-refractivity contribution in [3.63, 3.8) is 0 Å². The first kappa shape index (κ1) is 15.0. The van der Waals surface area contributed by atoms with Gasteiger partial charge in [-0.25, -0.2) is 4.98 Å². The number of nitro groups is 1. The van der Waals surface area contributed by atoms with Crippen molar-refractivity contribution in [3.8, 4) is 0 Å². The standard InChI is InChI=1S/C13H18ClN3O3/c1-9-2-4-13(8-18,5-3-9)16-12-7-10(17(19)20)6-11(14)15-12/h6-7,9,18H,2-5,8H2,1H3,(H,15,16). The smallest absolute Gasteiger partial charge is 0.276 e. The van der Waals surface area contributed by atoms with Gasteiger partial charge in [-0.2, -0.15) is 0 Å². The Bertz CT molecular complexity index is 502. The summed E-state index contributed by atoms with van der Waals surface area (Å²) in [6.07, 6.45) is 3.64. The van der Waals surface area contributed by atoms with Crippen molar-refractivity contribution < 1.29 is 10.0 Å². The Balaban J connectivity index is 2.21. The molecule has 0 radical (unpaired) electrons. The number of hydrogen-bond acceptors (Lipinski definition) is 5. The molecule has 110 valence electrons. The largest absolute Gasteiger partial charge is 0.394 e. The van der Waals surface area contributed by atoms with Gasteiger partial charge in [0.2, 0.25) is 0 Å². The SMILES string of the molecule is CC1CCC(CO)(Nc2cc([N+](=O)[O-])cc(Cl)n2)CC1. The molecule has 1 aliphatic rings. The van der Waals surface area contributed by atoms with Gasteiger partial charge in [-0.15, -0.1) is 0 Å². The van der Waals surface area contributed by atoms with Crippen LogP contribution >= 0.6 is 11.6 Å². The van der Waals surface area contributed by atoms with Crippen LogP contribution in [0.3, 0.4) is 0 Å². The number of halogens is 1. The Labute approximate surface area is 122 Å². The molecule has 0 bridgehead atoms. The summed E-state index contributed by atoms with van der Waals surface area (Å²) < 4.78 is 0.